The summed E-state index contributed by atoms with van der Waals surface area (Å²) in [7, 11) is 1.79. The minimum atomic E-state index is -0.569. The number of hydrogen-bond donors (Lipinski definition) is 1. The minimum Gasteiger partial charge on any atom is -0.389 e. The molecule has 0 spiro atoms. The second-order valence-corrected chi connectivity index (χ2v) is 5.48. The number of aliphatic hydroxyl groups is 1. The number of hydrogen-bond acceptors (Lipinski definition) is 4. The molecule has 0 aromatic carbocycles. The second kappa shape index (κ2) is 3.55. The van der Waals surface area contributed by atoms with Gasteiger partial charge in [-0.05, 0) is 6.42 Å². The molecule has 2 unspecified atom stereocenters. The molecule has 0 saturated carbocycles. The van der Waals surface area contributed by atoms with Gasteiger partial charge in [0.25, 0.3) is 0 Å². The predicted octanol–water partition coefficient (Wildman–Crippen LogP) is 0.614. The van der Waals surface area contributed by atoms with Gasteiger partial charge in [-0.1, -0.05) is 6.92 Å². The Labute approximate surface area is 87.7 Å². The van der Waals surface area contributed by atoms with E-state index in [1.165, 1.54) is 4.80 Å². The number of rotatable bonds is 2. The molecule has 14 heavy (non-hydrogen) atoms. The minimum absolute atomic E-state index is 0.552. The first kappa shape index (κ1) is 9.98. The summed E-state index contributed by atoms with van der Waals surface area (Å²) in [5.41, 5.74) is 0.310. The van der Waals surface area contributed by atoms with Gasteiger partial charge in [0, 0.05) is 24.5 Å². The van der Waals surface area contributed by atoms with E-state index in [4.69, 9.17) is 0 Å². The van der Waals surface area contributed by atoms with E-state index < -0.39 is 5.60 Å². The third kappa shape index (κ3) is 2.09. The van der Waals surface area contributed by atoms with E-state index in [-0.39, 0.29) is 0 Å². The Hall–Kier alpha value is -0.550. The molecule has 0 radical (unpaired) electrons. The van der Waals surface area contributed by atoms with Gasteiger partial charge in [-0.3, -0.25) is 0 Å². The highest BCUT2D eigenvalue weighted by Crippen LogP contribution is 2.35. The molecule has 0 aliphatic carbocycles. The van der Waals surface area contributed by atoms with Crippen LogP contribution in [-0.2, 0) is 13.5 Å². The summed E-state index contributed by atoms with van der Waals surface area (Å²) in [6, 6.07) is 0. The van der Waals surface area contributed by atoms with E-state index in [1.807, 2.05) is 11.8 Å². The van der Waals surface area contributed by atoms with Gasteiger partial charge in [-0.2, -0.15) is 26.8 Å². The average molecular weight is 213 g/mol. The third-order valence-corrected chi connectivity index (χ3v) is 3.90. The second-order valence-electron chi connectivity index (χ2n) is 4.05. The lowest BCUT2D eigenvalue weighted by Gasteiger charge is -2.19. The van der Waals surface area contributed by atoms with Crippen LogP contribution in [0, 0.1) is 0 Å². The SMILES string of the molecule is CC1CC(O)(Cc2cnn(C)n2)CS1. The predicted molar refractivity (Wildman–Crippen MR) is 56.2 cm³/mol. The molecule has 2 heterocycles. The fourth-order valence-corrected chi connectivity index (χ4v) is 3.12. The van der Waals surface area contributed by atoms with Crippen molar-refractivity contribution in [3.05, 3.63) is 11.9 Å². The Morgan fingerprint density at radius 3 is 3.07 bits per heavy atom. The average Bonchev–Trinajstić information content (AvgIpc) is 2.60. The summed E-state index contributed by atoms with van der Waals surface area (Å²) < 4.78 is 0. The largest absolute Gasteiger partial charge is 0.389 e. The molecular formula is C9H15N3OS. The molecule has 1 saturated heterocycles. The zero-order chi connectivity index (χ0) is 10.2. The highest BCUT2D eigenvalue weighted by atomic mass is 32.2. The molecule has 1 aromatic heterocycles. The van der Waals surface area contributed by atoms with Crippen LogP contribution in [-0.4, -0.2) is 36.7 Å². The Kier molecular flexibility index (Phi) is 2.53. The first-order valence-corrected chi connectivity index (χ1v) is 5.81. The number of aromatic nitrogens is 3. The number of nitrogens with zero attached hydrogens (tertiary/aromatic N) is 3. The fraction of sp³-hybridized carbons (Fsp3) is 0.778. The van der Waals surface area contributed by atoms with Gasteiger partial charge < -0.3 is 5.11 Å². The lowest BCUT2D eigenvalue weighted by Crippen LogP contribution is -2.31. The molecule has 2 rings (SSSR count). The molecule has 5 heteroatoms. The molecule has 1 aromatic rings. The maximum absolute atomic E-state index is 10.2. The Bertz CT molecular complexity index is 328. The first-order chi connectivity index (χ1) is 6.57. The number of aryl methyl sites for hydroxylation is 1. The van der Waals surface area contributed by atoms with Crippen molar-refractivity contribution in [2.75, 3.05) is 5.75 Å². The topological polar surface area (TPSA) is 50.9 Å². The fourth-order valence-electron chi connectivity index (χ4n) is 1.88. The smallest absolute Gasteiger partial charge is 0.0856 e. The quantitative estimate of drug-likeness (QED) is 0.782. The molecular weight excluding hydrogens is 198 g/mol. The first-order valence-electron chi connectivity index (χ1n) is 4.77. The summed E-state index contributed by atoms with van der Waals surface area (Å²) in [4.78, 5) is 1.53. The molecule has 2 atom stereocenters. The summed E-state index contributed by atoms with van der Waals surface area (Å²) in [6.07, 6.45) is 3.21. The third-order valence-electron chi connectivity index (χ3n) is 2.46. The van der Waals surface area contributed by atoms with Crippen LogP contribution >= 0.6 is 11.8 Å². The van der Waals surface area contributed by atoms with E-state index in [2.05, 4.69) is 17.1 Å². The molecule has 0 bridgehead atoms. The van der Waals surface area contributed by atoms with Crippen molar-refractivity contribution in [3.8, 4) is 0 Å². The van der Waals surface area contributed by atoms with Crippen molar-refractivity contribution in [1.82, 2.24) is 15.0 Å². The highest BCUT2D eigenvalue weighted by molar-refractivity contribution is 8.00. The number of thioether (sulfide) groups is 1. The normalized spacial score (nSPS) is 32.4. The van der Waals surface area contributed by atoms with E-state index in [0.29, 0.717) is 11.7 Å². The molecule has 78 valence electrons. The van der Waals surface area contributed by atoms with Crippen molar-refractivity contribution in [2.45, 2.75) is 30.6 Å². The van der Waals surface area contributed by atoms with Gasteiger partial charge in [0.2, 0.25) is 0 Å². The summed E-state index contributed by atoms with van der Waals surface area (Å²) in [5.74, 6) is 0.810. The van der Waals surface area contributed by atoms with Gasteiger partial charge in [0.15, 0.2) is 0 Å². The molecule has 1 fully saturated rings. The molecule has 1 N–H and O–H groups in total. The van der Waals surface area contributed by atoms with Gasteiger partial charge in [0.1, 0.15) is 0 Å². The van der Waals surface area contributed by atoms with Gasteiger partial charge in [-0.15, -0.1) is 0 Å². The lowest BCUT2D eigenvalue weighted by atomic mass is 9.95. The monoisotopic (exact) mass is 213 g/mol. The van der Waals surface area contributed by atoms with Crippen LogP contribution in [0.4, 0.5) is 0 Å². The van der Waals surface area contributed by atoms with Crippen LogP contribution < -0.4 is 0 Å². The highest BCUT2D eigenvalue weighted by Gasteiger charge is 2.36. The van der Waals surface area contributed by atoms with Crippen molar-refractivity contribution in [3.63, 3.8) is 0 Å². The Morgan fingerprint density at radius 2 is 2.57 bits per heavy atom. The van der Waals surface area contributed by atoms with Crippen LogP contribution in [0.1, 0.15) is 19.0 Å². The van der Waals surface area contributed by atoms with E-state index >= 15 is 0 Å². The maximum atomic E-state index is 10.2. The van der Waals surface area contributed by atoms with Crippen LogP contribution in [0.25, 0.3) is 0 Å². The Morgan fingerprint density at radius 1 is 1.79 bits per heavy atom. The van der Waals surface area contributed by atoms with Crippen molar-refractivity contribution < 1.29 is 5.11 Å². The molecule has 4 nitrogen and oxygen atoms in total. The van der Waals surface area contributed by atoms with Crippen LogP contribution in [0.2, 0.25) is 0 Å². The van der Waals surface area contributed by atoms with Crippen molar-refractivity contribution >= 4 is 11.8 Å². The molecule has 1 aliphatic heterocycles. The summed E-state index contributed by atoms with van der Waals surface area (Å²) >= 11 is 1.83. The zero-order valence-electron chi connectivity index (χ0n) is 8.47. The maximum Gasteiger partial charge on any atom is 0.0856 e. The van der Waals surface area contributed by atoms with Crippen molar-refractivity contribution in [2.24, 2.45) is 7.05 Å². The molecule has 1 aliphatic rings. The van der Waals surface area contributed by atoms with Gasteiger partial charge in [-0.25, -0.2) is 0 Å². The van der Waals surface area contributed by atoms with E-state index in [9.17, 15) is 5.11 Å². The van der Waals surface area contributed by atoms with Crippen molar-refractivity contribution in [1.29, 1.82) is 0 Å². The summed E-state index contributed by atoms with van der Waals surface area (Å²) in [6.45, 7) is 2.15. The van der Waals surface area contributed by atoms with Crippen LogP contribution in [0.5, 0.6) is 0 Å². The standard InChI is InChI=1S/C9H15N3OS/c1-7-3-9(13,6-14-7)4-8-5-10-12(2)11-8/h5,7,13H,3-4,6H2,1-2H3. The van der Waals surface area contributed by atoms with Crippen LogP contribution in [0.3, 0.4) is 0 Å². The summed E-state index contributed by atoms with van der Waals surface area (Å²) in [5, 5.41) is 19.0. The van der Waals surface area contributed by atoms with Gasteiger partial charge in [0.05, 0.1) is 17.5 Å². The van der Waals surface area contributed by atoms with E-state index in [1.54, 1.807) is 13.2 Å². The lowest BCUT2D eigenvalue weighted by molar-refractivity contribution is 0.0631. The van der Waals surface area contributed by atoms with Gasteiger partial charge >= 0.3 is 0 Å². The van der Waals surface area contributed by atoms with E-state index in [0.717, 1.165) is 17.9 Å². The van der Waals surface area contributed by atoms with Crippen LogP contribution in [0.15, 0.2) is 6.20 Å². The Balaban J connectivity index is 2.03. The molecule has 0 amide bonds. The zero-order valence-corrected chi connectivity index (χ0v) is 9.29.